The van der Waals surface area contributed by atoms with E-state index in [4.69, 9.17) is 4.74 Å². The van der Waals surface area contributed by atoms with Gasteiger partial charge < -0.3 is 15.2 Å². The number of carbonyl (C=O) groups excluding carboxylic acids is 4. The molecule has 3 aliphatic rings. The van der Waals surface area contributed by atoms with Crippen LogP contribution in [0.2, 0.25) is 0 Å². The third-order valence-corrected chi connectivity index (χ3v) is 11.3. The van der Waals surface area contributed by atoms with Gasteiger partial charge in [-0.2, -0.15) is 0 Å². The van der Waals surface area contributed by atoms with Crippen molar-refractivity contribution < 1.29 is 42.5 Å². The van der Waals surface area contributed by atoms with E-state index in [-0.39, 0.29) is 67.1 Å². The number of piperidine rings is 2. The number of imidazole rings is 1. The summed E-state index contributed by atoms with van der Waals surface area (Å²) in [5.41, 5.74) is 1.60. The number of aromatic hydroxyl groups is 1. The van der Waals surface area contributed by atoms with Crippen LogP contribution in [0, 0.1) is 5.82 Å². The molecule has 1 aromatic heterocycles. The van der Waals surface area contributed by atoms with Gasteiger partial charge in [-0.25, -0.2) is 18.2 Å². The standard InChI is InChI=1S/C34H38FN7O9S/c1-39-26-14-20(3-5-24(26)42(34(39)48)25-6-7-28(44)37-33(25)47)19-8-11-40(12-9-19)17-29(45)36-10-13-51-22-4-2-21-15-27(43)32(31(35)23(21)16-22)41-18-30(46)38-52(41,49)50/h2-5,14-16,19,25,43,49-50H,6-13,17-18H2,1H3,(H,36,45)(H,38,46)(H,37,44,47). The van der Waals surface area contributed by atoms with Crippen molar-refractivity contribution in [2.24, 2.45) is 7.05 Å². The van der Waals surface area contributed by atoms with Gasteiger partial charge >= 0.3 is 5.69 Å². The molecule has 0 spiro atoms. The Balaban J connectivity index is 0.905. The number of fused-ring (bicyclic) bond motifs is 2. The van der Waals surface area contributed by atoms with Crippen molar-refractivity contribution in [2.45, 2.75) is 37.6 Å². The smallest absolute Gasteiger partial charge is 0.329 e. The maximum atomic E-state index is 15.5. The summed E-state index contributed by atoms with van der Waals surface area (Å²) >= 11 is 0. The molecule has 0 aliphatic carbocycles. The molecule has 6 N–H and O–H groups in total. The predicted molar refractivity (Wildman–Crippen MR) is 189 cm³/mol. The summed E-state index contributed by atoms with van der Waals surface area (Å²) in [7, 11) is -2.18. The second-order valence-electron chi connectivity index (χ2n) is 13.2. The second kappa shape index (κ2) is 13.8. The first-order valence-electron chi connectivity index (χ1n) is 16.8. The summed E-state index contributed by atoms with van der Waals surface area (Å²) < 4.78 is 47.3. The summed E-state index contributed by atoms with van der Waals surface area (Å²) in [6.45, 7) is 1.33. The molecule has 0 bridgehead atoms. The molecule has 276 valence electrons. The summed E-state index contributed by atoms with van der Waals surface area (Å²) in [6, 6.07) is 10.8. The highest BCUT2D eigenvalue weighted by Crippen LogP contribution is 2.51. The topological polar surface area (TPSA) is 208 Å². The van der Waals surface area contributed by atoms with Crippen LogP contribution in [0.3, 0.4) is 0 Å². The minimum absolute atomic E-state index is 0.0295. The van der Waals surface area contributed by atoms with E-state index in [2.05, 4.69) is 15.5 Å². The number of anilines is 1. The molecule has 4 amide bonds. The van der Waals surface area contributed by atoms with Gasteiger partial charge in [-0.15, -0.1) is 0 Å². The maximum absolute atomic E-state index is 15.5. The number of hydrogen-bond acceptors (Lipinski definition) is 11. The number of ether oxygens (including phenoxy) is 1. The largest absolute Gasteiger partial charge is 0.506 e. The van der Waals surface area contributed by atoms with E-state index < -0.39 is 52.6 Å². The molecule has 16 nitrogen and oxygen atoms in total. The molecule has 0 saturated carbocycles. The molecule has 3 aliphatic heterocycles. The number of carbonyl (C=O) groups is 4. The first kappa shape index (κ1) is 35.2. The Morgan fingerprint density at radius 2 is 1.79 bits per heavy atom. The third kappa shape index (κ3) is 6.65. The summed E-state index contributed by atoms with van der Waals surface area (Å²) in [6.07, 6.45) is 2.07. The minimum Gasteiger partial charge on any atom is -0.506 e. The second-order valence-corrected chi connectivity index (χ2v) is 14.9. The van der Waals surface area contributed by atoms with Gasteiger partial charge in [0.2, 0.25) is 17.7 Å². The van der Waals surface area contributed by atoms with Crippen LogP contribution in [-0.4, -0.2) is 91.2 Å². The van der Waals surface area contributed by atoms with Crippen LogP contribution in [0.15, 0.2) is 47.3 Å². The summed E-state index contributed by atoms with van der Waals surface area (Å²) in [5.74, 6) is -2.72. The van der Waals surface area contributed by atoms with Gasteiger partial charge in [0.15, 0.2) is 5.82 Å². The highest BCUT2D eigenvalue weighted by atomic mass is 32.3. The lowest BCUT2D eigenvalue weighted by molar-refractivity contribution is -0.135. The number of nitrogens with one attached hydrogen (secondary N) is 3. The number of amides is 4. The lowest BCUT2D eigenvalue weighted by Gasteiger charge is -2.36. The molecule has 18 heteroatoms. The fourth-order valence-electron chi connectivity index (χ4n) is 7.21. The number of aromatic nitrogens is 2. The van der Waals surface area contributed by atoms with Gasteiger partial charge in [0.1, 0.15) is 36.4 Å². The SMILES string of the molecule is Cn1c(=O)n(C2CCC(=O)NC2=O)c2ccc(C3CCN(CC(=O)NCCOc4ccc5cc(O)c(N6CC(=O)NS6(O)O)c(F)c5c4)CC3)cc21. The normalized spacial score (nSPS) is 20.3. The molecule has 3 saturated heterocycles. The first-order chi connectivity index (χ1) is 24.8. The van der Waals surface area contributed by atoms with Crippen LogP contribution >= 0.6 is 11.0 Å². The minimum atomic E-state index is -3.85. The van der Waals surface area contributed by atoms with Crippen LogP contribution in [0.25, 0.3) is 21.8 Å². The molecule has 52 heavy (non-hydrogen) atoms. The van der Waals surface area contributed by atoms with E-state index in [0.29, 0.717) is 33.8 Å². The molecular formula is C34H38FN7O9S. The van der Waals surface area contributed by atoms with Crippen LogP contribution in [0.1, 0.15) is 43.2 Å². The highest BCUT2D eigenvalue weighted by molar-refractivity contribution is 8.24. The van der Waals surface area contributed by atoms with E-state index in [9.17, 15) is 38.2 Å². The van der Waals surface area contributed by atoms with Gasteiger partial charge in [-0.1, -0.05) is 12.1 Å². The van der Waals surface area contributed by atoms with Crippen molar-refractivity contribution in [3.8, 4) is 11.5 Å². The van der Waals surface area contributed by atoms with Gasteiger partial charge in [-0.05, 0) is 90.5 Å². The van der Waals surface area contributed by atoms with Gasteiger partial charge in [0, 0.05) is 18.9 Å². The zero-order chi connectivity index (χ0) is 36.9. The fourth-order valence-corrected chi connectivity index (χ4v) is 8.41. The molecule has 7 rings (SSSR count). The van der Waals surface area contributed by atoms with E-state index in [1.807, 2.05) is 22.9 Å². The Kier molecular flexibility index (Phi) is 9.32. The van der Waals surface area contributed by atoms with Gasteiger partial charge in [0.25, 0.3) is 5.91 Å². The first-order valence-corrected chi connectivity index (χ1v) is 18.3. The van der Waals surface area contributed by atoms with Crippen LogP contribution < -0.4 is 30.1 Å². The van der Waals surface area contributed by atoms with Crippen molar-refractivity contribution in [3.63, 3.8) is 0 Å². The zero-order valence-corrected chi connectivity index (χ0v) is 28.9. The van der Waals surface area contributed by atoms with Crippen LogP contribution in [0.4, 0.5) is 10.1 Å². The van der Waals surface area contributed by atoms with Crippen molar-refractivity contribution in [2.75, 3.05) is 43.6 Å². The highest BCUT2D eigenvalue weighted by Gasteiger charge is 2.38. The number of likely N-dealkylation sites (tertiary alicyclic amines) is 1. The average Bonchev–Trinajstić information content (AvgIpc) is 3.52. The van der Waals surface area contributed by atoms with Crippen molar-refractivity contribution in [1.82, 2.24) is 29.4 Å². The Bertz CT molecular complexity index is 2180. The Morgan fingerprint density at radius 1 is 1.02 bits per heavy atom. The van der Waals surface area contributed by atoms with E-state index >= 15 is 4.39 Å². The fraction of sp³-hybridized carbons (Fsp3) is 0.382. The van der Waals surface area contributed by atoms with Gasteiger partial charge in [0.05, 0.1) is 24.1 Å². The number of benzene rings is 3. The lowest BCUT2D eigenvalue weighted by atomic mass is 9.89. The van der Waals surface area contributed by atoms with Crippen molar-refractivity contribution >= 4 is 62.1 Å². The maximum Gasteiger partial charge on any atom is 0.329 e. The average molecular weight is 740 g/mol. The molecule has 3 fully saturated rings. The molecule has 0 radical (unpaired) electrons. The molecular weight excluding hydrogens is 701 g/mol. The predicted octanol–water partition coefficient (Wildman–Crippen LogP) is 2.21. The lowest BCUT2D eigenvalue weighted by Crippen LogP contribution is -2.44. The quantitative estimate of drug-likeness (QED) is 0.108. The summed E-state index contributed by atoms with van der Waals surface area (Å²) in [5, 5.41) is 15.9. The number of phenols is 1. The molecule has 1 atom stereocenters. The number of imide groups is 1. The van der Waals surface area contributed by atoms with Gasteiger partial charge in [-0.3, -0.25) is 47.6 Å². The number of nitrogens with zero attached hydrogens (tertiary/aromatic N) is 4. The van der Waals surface area contributed by atoms with Crippen LogP contribution in [-0.2, 0) is 26.2 Å². The number of halogens is 1. The summed E-state index contributed by atoms with van der Waals surface area (Å²) in [4.78, 5) is 63.8. The van der Waals surface area contributed by atoms with E-state index in [0.717, 1.165) is 18.4 Å². The number of aryl methyl sites for hydroxylation is 1. The number of phenolic OH excluding ortho intramolecular Hbond substituents is 1. The Morgan fingerprint density at radius 3 is 2.50 bits per heavy atom. The molecule has 4 aromatic rings. The number of hydrogen-bond donors (Lipinski definition) is 6. The molecule has 4 heterocycles. The van der Waals surface area contributed by atoms with Crippen molar-refractivity contribution in [3.05, 3.63) is 64.3 Å². The monoisotopic (exact) mass is 739 g/mol. The zero-order valence-electron chi connectivity index (χ0n) is 28.1. The molecule has 3 aromatic carbocycles. The third-order valence-electron chi connectivity index (χ3n) is 9.85. The molecule has 1 unspecified atom stereocenters. The number of rotatable bonds is 9. The Labute approximate surface area is 297 Å². The van der Waals surface area contributed by atoms with Crippen LogP contribution in [0.5, 0.6) is 11.5 Å². The Hall–Kier alpha value is -5.17. The van der Waals surface area contributed by atoms with E-state index in [1.54, 1.807) is 13.1 Å². The van der Waals surface area contributed by atoms with Crippen molar-refractivity contribution in [1.29, 1.82) is 0 Å². The van der Waals surface area contributed by atoms with E-state index in [1.165, 1.54) is 27.3 Å².